The fourth-order valence-electron chi connectivity index (χ4n) is 2.48. The Kier molecular flexibility index (Phi) is 4.63. The van der Waals surface area contributed by atoms with Crippen LogP contribution in [0.4, 0.5) is 5.69 Å². The van der Waals surface area contributed by atoms with Gasteiger partial charge in [0.1, 0.15) is 5.60 Å². The van der Waals surface area contributed by atoms with Gasteiger partial charge in [-0.2, -0.15) is 4.98 Å². The van der Waals surface area contributed by atoms with Crippen LogP contribution in [0, 0.1) is 6.92 Å². The molecular formula is C16H23N3O2. The lowest BCUT2D eigenvalue weighted by molar-refractivity contribution is -0.0583. The van der Waals surface area contributed by atoms with E-state index in [1.165, 1.54) is 0 Å². The first-order valence-electron chi connectivity index (χ1n) is 7.41. The summed E-state index contributed by atoms with van der Waals surface area (Å²) >= 11 is 0. The highest BCUT2D eigenvalue weighted by Gasteiger charge is 2.34. The number of nitrogens with two attached hydrogens (primary N) is 1. The standard InChI is InChI=1S/C16H23N3O2/c1-5-16(6-2,20-7-3)15-18-14(21-19-15)12-10-11(4)8-9-13(12)17/h8-10H,5-7,17H2,1-4H3. The first-order valence-corrected chi connectivity index (χ1v) is 7.41. The molecule has 1 aromatic carbocycles. The number of benzene rings is 1. The third kappa shape index (κ3) is 2.93. The fourth-order valence-corrected chi connectivity index (χ4v) is 2.48. The van der Waals surface area contributed by atoms with Crippen molar-refractivity contribution in [3.05, 3.63) is 29.6 Å². The van der Waals surface area contributed by atoms with Crippen LogP contribution in [0.3, 0.4) is 0 Å². The van der Waals surface area contributed by atoms with E-state index >= 15 is 0 Å². The van der Waals surface area contributed by atoms with Gasteiger partial charge < -0.3 is 15.0 Å². The van der Waals surface area contributed by atoms with Gasteiger partial charge in [-0.05, 0) is 38.8 Å². The van der Waals surface area contributed by atoms with Crippen molar-refractivity contribution >= 4 is 5.69 Å². The Morgan fingerprint density at radius 1 is 1.24 bits per heavy atom. The van der Waals surface area contributed by atoms with E-state index < -0.39 is 5.60 Å². The molecule has 0 bridgehead atoms. The summed E-state index contributed by atoms with van der Waals surface area (Å²) < 4.78 is 11.3. The van der Waals surface area contributed by atoms with E-state index in [-0.39, 0.29) is 0 Å². The van der Waals surface area contributed by atoms with Crippen LogP contribution < -0.4 is 5.73 Å². The summed E-state index contributed by atoms with van der Waals surface area (Å²) in [5, 5.41) is 4.13. The maximum absolute atomic E-state index is 6.00. The van der Waals surface area contributed by atoms with Gasteiger partial charge in [0.15, 0.2) is 0 Å². The molecule has 0 radical (unpaired) electrons. The average Bonchev–Trinajstić information content (AvgIpc) is 2.97. The molecule has 0 atom stereocenters. The monoisotopic (exact) mass is 289 g/mol. The molecule has 21 heavy (non-hydrogen) atoms. The van der Waals surface area contributed by atoms with E-state index in [9.17, 15) is 0 Å². The molecule has 114 valence electrons. The molecule has 0 aliphatic rings. The molecule has 0 saturated heterocycles. The summed E-state index contributed by atoms with van der Waals surface area (Å²) in [4.78, 5) is 4.53. The number of nitrogens with zero attached hydrogens (tertiary/aromatic N) is 2. The zero-order valence-electron chi connectivity index (χ0n) is 13.1. The molecule has 1 aromatic heterocycles. The van der Waals surface area contributed by atoms with Crippen molar-refractivity contribution in [2.24, 2.45) is 0 Å². The highest BCUT2D eigenvalue weighted by atomic mass is 16.5. The van der Waals surface area contributed by atoms with E-state index in [1.54, 1.807) is 0 Å². The third-order valence-corrected chi connectivity index (χ3v) is 3.84. The van der Waals surface area contributed by atoms with Gasteiger partial charge in [-0.1, -0.05) is 30.6 Å². The van der Waals surface area contributed by atoms with Crippen molar-refractivity contribution in [2.45, 2.75) is 46.1 Å². The van der Waals surface area contributed by atoms with Crippen molar-refractivity contribution < 1.29 is 9.26 Å². The topological polar surface area (TPSA) is 74.2 Å². The second-order valence-corrected chi connectivity index (χ2v) is 5.15. The normalized spacial score (nSPS) is 11.8. The molecule has 0 aliphatic heterocycles. The van der Waals surface area contributed by atoms with Crippen molar-refractivity contribution in [1.82, 2.24) is 10.1 Å². The molecule has 0 fully saturated rings. The maximum atomic E-state index is 6.00. The lowest BCUT2D eigenvalue weighted by Gasteiger charge is -2.27. The number of hydrogen-bond acceptors (Lipinski definition) is 5. The van der Waals surface area contributed by atoms with Gasteiger partial charge in [-0.3, -0.25) is 0 Å². The van der Waals surface area contributed by atoms with Crippen LogP contribution in [0.5, 0.6) is 0 Å². The van der Waals surface area contributed by atoms with Gasteiger partial charge >= 0.3 is 0 Å². The summed E-state index contributed by atoms with van der Waals surface area (Å²) in [7, 11) is 0. The number of hydrogen-bond donors (Lipinski definition) is 1. The second-order valence-electron chi connectivity index (χ2n) is 5.15. The first-order chi connectivity index (χ1) is 10.1. The summed E-state index contributed by atoms with van der Waals surface area (Å²) in [5.74, 6) is 1.03. The lowest BCUT2D eigenvalue weighted by atomic mass is 9.96. The number of aryl methyl sites for hydroxylation is 1. The Labute approximate surface area is 125 Å². The van der Waals surface area contributed by atoms with Crippen LogP contribution in [0.25, 0.3) is 11.5 Å². The molecule has 2 N–H and O–H groups in total. The van der Waals surface area contributed by atoms with E-state index in [0.29, 0.717) is 24.0 Å². The summed E-state index contributed by atoms with van der Waals surface area (Å²) in [6, 6.07) is 5.76. The number of aromatic nitrogens is 2. The summed E-state index contributed by atoms with van der Waals surface area (Å²) in [5.41, 5.74) is 8.01. The van der Waals surface area contributed by atoms with Gasteiger partial charge in [0, 0.05) is 12.3 Å². The van der Waals surface area contributed by atoms with Gasteiger partial charge in [0.25, 0.3) is 5.89 Å². The molecule has 5 heteroatoms. The molecule has 0 spiro atoms. The summed E-state index contributed by atoms with van der Waals surface area (Å²) in [6.07, 6.45) is 1.58. The first kappa shape index (κ1) is 15.5. The molecule has 2 rings (SSSR count). The molecule has 1 heterocycles. The number of anilines is 1. The second kappa shape index (κ2) is 6.26. The van der Waals surface area contributed by atoms with Crippen molar-refractivity contribution in [3.63, 3.8) is 0 Å². The van der Waals surface area contributed by atoms with E-state index in [4.69, 9.17) is 15.0 Å². The van der Waals surface area contributed by atoms with Gasteiger partial charge in [-0.15, -0.1) is 0 Å². The Bertz CT molecular complexity index is 603. The van der Waals surface area contributed by atoms with Crippen molar-refractivity contribution in [1.29, 1.82) is 0 Å². The third-order valence-electron chi connectivity index (χ3n) is 3.84. The van der Waals surface area contributed by atoms with E-state index in [2.05, 4.69) is 24.0 Å². The van der Waals surface area contributed by atoms with Crippen LogP contribution >= 0.6 is 0 Å². The number of nitrogen functional groups attached to an aromatic ring is 1. The van der Waals surface area contributed by atoms with Gasteiger partial charge in [0.05, 0.1) is 5.56 Å². The van der Waals surface area contributed by atoms with Crippen molar-refractivity contribution in [3.8, 4) is 11.5 Å². The number of ether oxygens (including phenoxy) is 1. The minimum Gasteiger partial charge on any atom is -0.398 e. The SMILES string of the molecule is CCOC(CC)(CC)c1noc(-c2cc(C)ccc2N)n1. The summed E-state index contributed by atoms with van der Waals surface area (Å²) in [6.45, 7) is 8.72. The predicted molar refractivity (Wildman–Crippen MR) is 82.8 cm³/mol. The van der Waals surface area contributed by atoms with Crippen LogP contribution in [0.2, 0.25) is 0 Å². The smallest absolute Gasteiger partial charge is 0.260 e. The van der Waals surface area contributed by atoms with Gasteiger partial charge in [0.2, 0.25) is 5.82 Å². The molecule has 0 saturated carbocycles. The van der Waals surface area contributed by atoms with E-state index in [1.807, 2.05) is 32.0 Å². The highest BCUT2D eigenvalue weighted by Crippen LogP contribution is 2.33. The molecule has 0 aliphatic carbocycles. The molecule has 2 aromatic rings. The Morgan fingerprint density at radius 3 is 2.57 bits per heavy atom. The Hall–Kier alpha value is -1.88. The predicted octanol–water partition coefficient (Wildman–Crippen LogP) is 3.68. The van der Waals surface area contributed by atoms with Crippen LogP contribution in [0.1, 0.15) is 45.0 Å². The van der Waals surface area contributed by atoms with Crippen LogP contribution in [-0.2, 0) is 10.3 Å². The van der Waals surface area contributed by atoms with Crippen LogP contribution in [0.15, 0.2) is 22.7 Å². The molecular weight excluding hydrogens is 266 g/mol. The minimum atomic E-state index is -0.491. The molecule has 0 amide bonds. The lowest BCUT2D eigenvalue weighted by Crippen LogP contribution is -2.29. The zero-order chi connectivity index (χ0) is 15.5. The fraction of sp³-hybridized carbons (Fsp3) is 0.500. The number of rotatable bonds is 6. The Morgan fingerprint density at radius 2 is 1.95 bits per heavy atom. The largest absolute Gasteiger partial charge is 0.398 e. The highest BCUT2D eigenvalue weighted by molar-refractivity contribution is 5.71. The minimum absolute atomic E-state index is 0.442. The van der Waals surface area contributed by atoms with Crippen molar-refractivity contribution in [2.75, 3.05) is 12.3 Å². The maximum Gasteiger partial charge on any atom is 0.260 e. The molecule has 5 nitrogen and oxygen atoms in total. The van der Waals surface area contributed by atoms with Crippen LogP contribution in [-0.4, -0.2) is 16.7 Å². The Balaban J connectivity index is 2.43. The van der Waals surface area contributed by atoms with Gasteiger partial charge in [-0.25, -0.2) is 0 Å². The van der Waals surface area contributed by atoms with E-state index in [0.717, 1.165) is 24.0 Å². The average molecular weight is 289 g/mol. The molecule has 0 unspecified atom stereocenters. The zero-order valence-corrected chi connectivity index (χ0v) is 13.1. The quantitative estimate of drug-likeness (QED) is 0.821.